The third-order valence-electron chi connectivity index (χ3n) is 6.35. The molecule has 1 aliphatic heterocycles. The predicted molar refractivity (Wildman–Crippen MR) is 148 cm³/mol. The number of thiophene rings is 1. The Bertz CT molecular complexity index is 1250. The minimum absolute atomic E-state index is 0. The summed E-state index contributed by atoms with van der Waals surface area (Å²) in [5.41, 5.74) is 1.10. The van der Waals surface area contributed by atoms with E-state index in [1.54, 1.807) is 18.4 Å². The van der Waals surface area contributed by atoms with Gasteiger partial charge < -0.3 is 14.2 Å². The molecule has 4 aromatic rings. The zero-order valence-corrected chi connectivity index (χ0v) is 21.9. The van der Waals surface area contributed by atoms with Crippen LogP contribution in [0, 0.1) is 6.92 Å². The first kappa shape index (κ1) is 25.4. The van der Waals surface area contributed by atoms with Gasteiger partial charge in [-0.15, -0.1) is 23.7 Å². The van der Waals surface area contributed by atoms with Gasteiger partial charge in [0.15, 0.2) is 0 Å². The van der Waals surface area contributed by atoms with Crippen molar-refractivity contribution in [2.75, 3.05) is 33.4 Å². The first-order valence-corrected chi connectivity index (χ1v) is 12.8. The number of hydrogen-bond acceptors (Lipinski definition) is 5. The van der Waals surface area contributed by atoms with Gasteiger partial charge in [-0.3, -0.25) is 4.90 Å². The first-order valence-electron chi connectivity index (χ1n) is 12.0. The van der Waals surface area contributed by atoms with Gasteiger partial charge in [0.1, 0.15) is 29.6 Å². The van der Waals surface area contributed by atoms with Crippen LogP contribution in [0.2, 0.25) is 0 Å². The maximum Gasteiger partial charge on any atom is 0.143 e. The number of rotatable bonds is 8. The van der Waals surface area contributed by atoms with Crippen molar-refractivity contribution in [1.82, 2.24) is 4.90 Å². The quantitative estimate of drug-likeness (QED) is 0.241. The normalized spacial score (nSPS) is 13.9. The molecule has 1 aromatic heterocycles. The lowest BCUT2D eigenvalue weighted by Gasteiger charge is -2.26. The van der Waals surface area contributed by atoms with Crippen LogP contribution in [0.15, 0.2) is 66.7 Å². The van der Waals surface area contributed by atoms with Crippen LogP contribution < -0.4 is 14.2 Å². The molecule has 0 amide bonds. The van der Waals surface area contributed by atoms with E-state index >= 15 is 0 Å². The Hall–Kier alpha value is -2.73. The standard InChI is InChI=1S/C29H31NO3S.ClH/c1-21-6-15-28(34-21)27-13-7-22-20-25(31-2)12-14-26(22)29(27)33-24-10-8-23(9-11-24)32-19-18-30-16-4-3-5-17-30;/h6-15,20H,3-5,16-19H2,1-2H3;1H. The van der Waals surface area contributed by atoms with Crippen molar-refractivity contribution in [3.05, 3.63) is 71.6 Å². The fourth-order valence-corrected chi connectivity index (χ4v) is 5.38. The average Bonchev–Trinajstić information content (AvgIpc) is 3.31. The van der Waals surface area contributed by atoms with E-state index in [9.17, 15) is 0 Å². The summed E-state index contributed by atoms with van der Waals surface area (Å²) >= 11 is 1.78. The Labute approximate surface area is 217 Å². The molecule has 6 heteroatoms. The van der Waals surface area contributed by atoms with Gasteiger partial charge in [0.05, 0.1) is 7.11 Å². The number of halogens is 1. The Morgan fingerprint density at radius 2 is 1.57 bits per heavy atom. The molecule has 0 saturated carbocycles. The Balaban J connectivity index is 0.00000289. The van der Waals surface area contributed by atoms with Crippen molar-refractivity contribution < 1.29 is 14.2 Å². The number of benzene rings is 3. The van der Waals surface area contributed by atoms with Crippen LogP contribution in [-0.4, -0.2) is 38.3 Å². The molecule has 3 aromatic carbocycles. The summed E-state index contributed by atoms with van der Waals surface area (Å²) in [7, 11) is 1.69. The SMILES string of the molecule is COc1ccc2c(Oc3ccc(OCCN4CCCCC4)cc3)c(-c3ccc(C)s3)ccc2c1.Cl. The van der Waals surface area contributed by atoms with Crippen molar-refractivity contribution in [2.45, 2.75) is 26.2 Å². The van der Waals surface area contributed by atoms with Crippen molar-refractivity contribution in [3.63, 3.8) is 0 Å². The maximum absolute atomic E-state index is 6.52. The molecule has 0 unspecified atom stereocenters. The van der Waals surface area contributed by atoms with Gasteiger partial charge in [0, 0.05) is 27.2 Å². The molecule has 35 heavy (non-hydrogen) atoms. The van der Waals surface area contributed by atoms with Gasteiger partial charge in [-0.2, -0.15) is 0 Å². The van der Waals surface area contributed by atoms with Gasteiger partial charge in [-0.1, -0.05) is 12.5 Å². The lowest BCUT2D eigenvalue weighted by atomic mass is 10.0. The molecular weight excluding hydrogens is 478 g/mol. The lowest BCUT2D eigenvalue weighted by molar-refractivity contribution is 0.183. The number of aryl methyl sites for hydroxylation is 1. The number of piperidine rings is 1. The average molecular weight is 510 g/mol. The third kappa shape index (κ3) is 6.10. The van der Waals surface area contributed by atoms with Crippen LogP contribution in [0.3, 0.4) is 0 Å². The summed E-state index contributed by atoms with van der Waals surface area (Å²) in [5, 5.41) is 2.15. The van der Waals surface area contributed by atoms with Crippen LogP contribution in [0.1, 0.15) is 24.1 Å². The number of ether oxygens (including phenoxy) is 3. The minimum Gasteiger partial charge on any atom is -0.497 e. The molecule has 4 nitrogen and oxygen atoms in total. The van der Waals surface area contributed by atoms with Gasteiger partial charge >= 0.3 is 0 Å². The Kier molecular flexibility index (Phi) is 8.55. The number of nitrogens with zero attached hydrogens (tertiary/aromatic N) is 1. The highest BCUT2D eigenvalue weighted by atomic mass is 35.5. The van der Waals surface area contributed by atoms with Crippen molar-refractivity contribution >= 4 is 34.5 Å². The van der Waals surface area contributed by atoms with Crippen molar-refractivity contribution in [3.8, 4) is 33.4 Å². The lowest BCUT2D eigenvalue weighted by Crippen LogP contribution is -2.33. The molecule has 2 heterocycles. The zero-order chi connectivity index (χ0) is 23.3. The third-order valence-corrected chi connectivity index (χ3v) is 7.39. The second kappa shape index (κ2) is 11.8. The summed E-state index contributed by atoms with van der Waals surface area (Å²) in [4.78, 5) is 4.97. The van der Waals surface area contributed by atoms with Crippen LogP contribution in [0.4, 0.5) is 0 Å². The zero-order valence-electron chi connectivity index (χ0n) is 20.3. The monoisotopic (exact) mass is 509 g/mol. The molecule has 184 valence electrons. The van der Waals surface area contributed by atoms with E-state index in [4.69, 9.17) is 14.2 Å². The van der Waals surface area contributed by atoms with Gasteiger partial charge in [0.25, 0.3) is 0 Å². The molecule has 0 radical (unpaired) electrons. The van der Waals surface area contributed by atoms with Crippen LogP contribution in [-0.2, 0) is 0 Å². The molecule has 0 spiro atoms. The Morgan fingerprint density at radius 1 is 0.829 bits per heavy atom. The van der Waals surface area contributed by atoms with E-state index in [0.717, 1.165) is 45.9 Å². The number of fused-ring (bicyclic) bond motifs is 1. The minimum atomic E-state index is 0. The van der Waals surface area contributed by atoms with Crippen LogP contribution >= 0.6 is 23.7 Å². The molecule has 0 aliphatic carbocycles. The maximum atomic E-state index is 6.52. The van der Waals surface area contributed by atoms with Gasteiger partial charge in [-0.05, 0) is 98.9 Å². The molecule has 0 bridgehead atoms. The van der Waals surface area contributed by atoms with E-state index in [1.165, 1.54) is 42.1 Å². The smallest absolute Gasteiger partial charge is 0.143 e. The fourth-order valence-electron chi connectivity index (χ4n) is 4.49. The highest BCUT2D eigenvalue weighted by molar-refractivity contribution is 7.15. The van der Waals surface area contributed by atoms with E-state index in [0.29, 0.717) is 6.61 Å². The van der Waals surface area contributed by atoms with E-state index in [-0.39, 0.29) is 12.4 Å². The summed E-state index contributed by atoms with van der Waals surface area (Å²) in [6.07, 6.45) is 3.97. The van der Waals surface area contributed by atoms with Crippen LogP contribution in [0.25, 0.3) is 21.2 Å². The topological polar surface area (TPSA) is 30.9 Å². The highest BCUT2D eigenvalue weighted by Crippen LogP contribution is 2.42. The largest absolute Gasteiger partial charge is 0.497 e. The molecule has 5 rings (SSSR count). The highest BCUT2D eigenvalue weighted by Gasteiger charge is 2.15. The summed E-state index contributed by atoms with van der Waals surface area (Å²) < 4.78 is 17.9. The fraction of sp³-hybridized carbons (Fsp3) is 0.310. The van der Waals surface area contributed by atoms with E-state index in [2.05, 4.69) is 42.2 Å². The van der Waals surface area contributed by atoms with E-state index < -0.39 is 0 Å². The summed E-state index contributed by atoms with van der Waals surface area (Å²) in [6, 6.07) is 22.7. The van der Waals surface area contributed by atoms with Gasteiger partial charge in [0.2, 0.25) is 0 Å². The van der Waals surface area contributed by atoms with E-state index in [1.807, 2.05) is 36.4 Å². The van der Waals surface area contributed by atoms with Crippen molar-refractivity contribution in [1.29, 1.82) is 0 Å². The van der Waals surface area contributed by atoms with Crippen molar-refractivity contribution in [2.24, 2.45) is 0 Å². The second-order valence-electron chi connectivity index (χ2n) is 8.76. The number of hydrogen-bond donors (Lipinski definition) is 0. The van der Waals surface area contributed by atoms with Gasteiger partial charge in [-0.25, -0.2) is 0 Å². The molecule has 0 atom stereocenters. The van der Waals surface area contributed by atoms with Crippen LogP contribution in [0.5, 0.6) is 23.0 Å². The molecule has 1 aliphatic rings. The molecule has 1 saturated heterocycles. The first-order chi connectivity index (χ1) is 16.7. The molecular formula is C29H32ClNO3S. The summed E-state index contributed by atoms with van der Waals surface area (Å²) in [5.74, 6) is 3.37. The Morgan fingerprint density at radius 3 is 2.29 bits per heavy atom. The molecule has 1 fully saturated rings. The second-order valence-corrected chi connectivity index (χ2v) is 10.1. The summed E-state index contributed by atoms with van der Waals surface area (Å²) in [6.45, 7) is 6.22. The molecule has 0 N–H and O–H groups in total. The number of likely N-dealkylation sites (tertiary alicyclic amines) is 1. The number of methoxy groups -OCH3 is 1. The predicted octanol–water partition coefficient (Wildman–Crippen LogP) is 7.96.